The third-order valence-electron chi connectivity index (χ3n) is 3.09. The van der Waals surface area contributed by atoms with Crippen LogP contribution in [0.15, 0.2) is 18.2 Å². The molecule has 0 heterocycles. The Labute approximate surface area is 99.6 Å². The Balaban J connectivity index is 2.00. The van der Waals surface area contributed by atoms with Gasteiger partial charge in [0.15, 0.2) is 0 Å². The molecule has 1 fully saturated rings. The Morgan fingerprint density at radius 3 is 2.88 bits per heavy atom. The normalized spacial score (nSPS) is 16.6. The fourth-order valence-corrected chi connectivity index (χ4v) is 1.79. The zero-order chi connectivity index (χ0) is 12.4. The lowest BCUT2D eigenvalue weighted by Gasteiger charge is -2.11. The number of anilines is 1. The molecule has 0 radical (unpaired) electrons. The molecule has 5 heteroatoms. The van der Waals surface area contributed by atoms with Gasteiger partial charge in [0, 0.05) is 23.9 Å². The quantitative estimate of drug-likeness (QED) is 0.606. The standard InChI is InChI=1S/C12H16N2O3/c1-8-2-5-10(6-11(8)14(16)17)13-7-12(15)9-3-4-9/h2,5-6,9,12-13,15H,3-4,7H2,1H3. The number of benzene rings is 1. The summed E-state index contributed by atoms with van der Waals surface area (Å²) in [5.74, 6) is 0.405. The van der Waals surface area contributed by atoms with Gasteiger partial charge in [-0.25, -0.2) is 0 Å². The number of aliphatic hydroxyl groups is 1. The minimum absolute atomic E-state index is 0.107. The van der Waals surface area contributed by atoms with Crippen LogP contribution in [0.2, 0.25) is 0 Å². The van der Waals surface area contributed by atoms with Crippen LogP contribution in [0.1, 0.15) is 18.4 Å². The van der Waals surface area contributed by atoms with Crippen LogP contribution >= 0.6 is 0 Å². The molecule has 0 saturated heterocycles. The summed E-state index contributed by atoms with van der Waals surface area (Å²) in [6.07, 6.45) is 1.81. The topological polar surface area (TPSA) is 75.4 Å². The Morgan fingerprint density at radius 2 is 2.29 bits per heavy atom. The van der Waals surface area contributed by atoms with Crippen LogP contribution in [0.3, 0.4) is 0 Å². The van der Waals surface area contributed by atoms with E-state index < -0.39 is 4.92 Å². The fraction of sp³-hybridized carbons (Fsp3) is 0.500. The number of nitrogens with zero attached hydrogens (tertiary/aromatic N) is 1. The average Bonchev–Trinajstić information content (AvgIpc) is 3.11. The Hall–Kier alpha value is -1.62. The van der Waals surface area contributed by atoms with Crippen molar-refractivity contribution in [3.8, 4) is 0 Å². The summed E-state index contributed by atoms with van der Waals surface area (Å²) in [5.41, 5.74) is 1.43. The van der Waals surface area contributed by atoms with E-state index in [1.54, 1.807) is 19.1 Å². The van der Waals surface area contributed by atoms with Gasteiger partial charge in [-0.1, -0.05) is 6.07 Å². The van der Waals surface area contributed by atoms with Crippen molar-refractivity contribution in [1.82, 2.24) is 0 Å². The van der Waals surface area contributed by atoms with E-state index in [2.05, 4.69) is 5.32 Å². The molecule has 0 aromatic heterocycles. The second kappa shape index (κ2) is 4.71. The van der Waals surface area contributed by atoms with Crippen molar-refractivity contribution in [3.63, 3.8) is 0 Å². The second-order valence-electron chi connectivity index (χ2n) is 4.54. The van der Waals surface area contributed by atoms with Gasteiger partial charge in [0.05, 0.1) is 11.0 Å². The highest BCUT2D eigenvalue weighted by atomic mass is 16.6. The molecule has 0 aliphatic heterocycles. The molecule has 0 amide bonds. The van der Waals surface area contributed by atoms with E-state index in [4.69, 9.17) is 0 Å². The summed E-state index contributed by atoms with van der Waals surface area (Å²) >= 11 is 0. The first-order chi connectivity index (χ1) is 8.08. The molecule has 1 atom stereocenters. The number of nitro benzene ring substituents is 1. The smallest absolute Gasteiger partial charge is 0.274 e. The molecule has 5 nitrogen and oxygen atoms in total. The van der Waals surface area contributed by atoms with Crippen LogP contribution in [-0.2, 0) is 0 Å². The molecule has 2 rings (SSSR count). The maximum Gasteiger partial charge on any atom is 0.274 e. The molecule has 1 unspecified atom stereocenters. The predicted molar refractivity (Wildman–Crippen MR) is 65.1 cm³/mol. The number of aryl methyl sites for hydroxylation is 1. The first-order valence-electron chi connectivity index (χ1n) is 5.75. The highest BCUT2D eigenvalue weighted by Gasteiger charge is 2.29. The molecule has 1 aliphatic carbocycles. The van der Waals surface area contributed by atoms with Crippen molar-refractivity contribution in [2.75, 3.05) is 11.9 Å². The van der Waals surface area contributed by atoms with E-state index in [0.717, 1.165) is 12.8 Å². The Kier molecular flexibility index (Phi) is 3.28. The van der Waals surface area contributed by atoms with E-state index >= 15 is 0 Å². The monoisotopic (exact) mass is 236 g/mol. The van der Waals surface area contributed by atoms with Crippen molar-refractivity contribution in [2.45, 2.75) is 25.9 Å². The van der Waals surface area contributed by atoms with Crippen molar-refractivity contribution >= 4 is 11.4 Å². The van der Waals surface area contributed by atoms with E-state index in [0.29, 0.717) is 23.7 Å². The maximum atomic E-state index is 10.8. The lowest BCUT2D eigenvalue weighted by molar-refractivity contribution is -0.385. The summed E-state index contributed by atoms with van der Waals surface area (Å²) < 4.78 is 0. The van der Waals surface area contributed by atoms with Crippen LogP contribution in [-0.4, -0.2) is 22.7 Å². The largest absolute Gasteiger partial charge is 0.391 e. The van der Waals surface area contributed by atoms with Crippen LogP contribution in [0, 0.1) is 23.0 Å². The number of rotatable bonds is 5. The Morgan fingerprint density at radius 1 is 1.59 bits per heavy atom. The summed E-state index contributed by atoms with van der Waals surface area (Å²) in [4.78, 5) is 10.4. The zero-order valence-corrected chi connectivity index (χ0v) is 9.72. The van der Waals surface area contributed by atoms with E-state index in [-0.39, 0.29) is 11.8 Å². The second-order valence-corrected chi connectivity index (χ2v) is 4.54. The molecule has 92 valence electrons. The molecule has 1 aromatic rings. The van der Waals surface area contributed by atoms with E-state index in [9.17, 15) is 15.2 Å². The van der Waals surface area contributed by atoms with Crippen LogP contribution in [0.5, 0.6) is 0 Å². The van der Waals surface area contributed by atoms with Gasteiger partial charge in [-0.15, -0.1) is 0 Å². The van der Waals surface area contributed by atoms with Gasteiger partial charge in [-0.05, 0) is 31.7 Å². The van der Waals surface area contributed by atoms with Gasteiger partial charge in [0.25, 0.3) is 5.69 Å². The number of aliphatic hydroxyl groups excluding tert-OH is 1. The van der Waals surface area contributed by atoms with Crippen LogP contribution in [0.25, 0.3) is 0 Å². The predicted octanol–water partition coefficient (Wildman–Crippen LogP) is 2.09. The number of hydrogen-bond acceptors (Lipinski definition) is 4. The zero-order valence-electron chi connectivity index (χ0n) is 9.72. The minimum atomic E-state index is -0.391. The summed E-state index contributed by atoms with van der Waals surface area (Å²) in [6, 6.07) is 5.01. The van der Waals surface area contributed by atoms with Crippen molar-refractivity contribution < 1.29 is 10.0 Å². The highest BCUT2D eigenvalue weighted by Crippen LogP contribution is 2.32. The highest BCUT2D eigenvalue weighted by molar-refractivity contribution is 5.54. The van der Waals surface area contributed by atoms with Gasteiger partial charge >= 0.3 is 0 Å². The molecule has 17 heavy (non-hydrogen) atoms. The first-order valence-corrected chi connectivity index (χ1v) is 5.75. The van der Waals surface area contributed by atoms with Gasteiger partial charge in [0.1, 0.15) is 0 Å². The van der Waals surface area contributed by atoms with Crippen molar-refractivity contribution in [3.05, 3.63) is 33.9 Å². The molecule has 1 aliphatic rings. The average molecular weight is 236 g/mol. The lowest BCUT2D eigenvalue weighted by Crippen LogP contribution is -2.21. The van der Waals surface area contributed by atoms with Crippen LogP contribution in [0.4, 0.5) is 11.4 Å². The molecule has 0 spiro atoms. The third-order valence-corrected chi connectivity index (χ3v) is 3.09. The van der Waals surface area contributed by atoms with E-state index in [1.165, 1.54) is 6.07 Å². The van der Waals surface area contributed by atoms with Gasteiger partial charge in [-0.2, -0.15) is 0 Å². The van der Waals surface area contributed by atoms with Gasteiger partial charge in [0.2, 0.25) is 0 Å². The molecule has 1 saturated carbocycles. The van der Waals surface area contributed by atoms with Gasteiger partial charge < -0.3 is 10.4 Å². The molecular weight excluding hydrogens is 220 g/mol. The lowest BCUT2D eigenvalue weighted by atomic mass is 10.1. The fourth-order valence-electron chi connectivity index (χ4n) is 1.79. The molecule has 2 N–H and O–H groups in total. The van der Waals surface area contributed by atoms with Crippen molar-refractivity contribution in [1.29, 1.82) is 0 Å². The van der Waals surface area contributed by atoms with Crippen molar-refractivity contribution in [2.24, 2.45) is 5.92 Å². The summed E-state index contributed by atoms with van der Waals surface area (Å²) in [5, 5.41) is 23.5. The first kappa shape index (κ1) is 11.9. The molecule has 0 bridgehead atoms. The number of nitro groups is 1. The SMILES string of the molecule is Cc1ccc(NCC(O)C2CC2)cc1[N+](=O)[O-]. The van der Waals surface area contributed by atoms with Gasteiger partial charge in [-0.3, -0.25) is 10.1 Å². The molecular formula is C12H16N2O3. The number of nitrogens with one attached hydrogen (secondary N) is 1. The summed E-state index contributed by atoms with van der Waals surface area (Å²) in [7, 11) is 0. The number of hydrogen-bond donors (Lipinski definition) is 2. The molecule has 1 aromatic carbocycles. The van der Waals surface area contributed by atoms with Crippen LogP contribution < -0.4 is 5.32 Å². The third kappa shape index (κ3) is 2.94. The summed E-state index contributed by atoms with van der Waals surface area (Å²) in [6.45, 7) is 2.16. The maximum absolute atomic E-state index is 10.8. The Bertz CT molecular complexity index is 430. The minimum Gasteiger partial charge on any atom is -0.391 e. The van der Waals surface area contributed by atoms with E-state index in [1.807, 2.05) is 0 Å².